The molecule has 1 aliphatic carbocycles. The maximum atomic E-state index is 12.7. The standard InChI is InChI=1S/C17H30N2O5/c1-5-24-16(23)18-12(11-9-7-6-8-10-11)14(20)19-13(15(21)22)17(2,3)4/h11-13H,5-10H2,1-4H3,(H,18,23)(H,19,20)(H,21,22). The number of nitrogens with one attached hydrogen (secondary N) is 2. The molecule has 1 saturated carbocycles. The third-order valence-corrected chi connectivity index (χ3v) is 4.35. The van der Waals surface area contributed by atoms with E-state index in [1.165, 1.54) is 0 Å². The average molecular weight is 342 g/mol. The lowest BCUT2D eigenvalue weighted by Gasteiger charge is -2.33. The van der Waals surface area contributed by atoms with Gasteiger partial charge in [0.25, 0.3) is 0 Å². The summed E-state index contributed by atoms with van der Waals surface area (Å²) in [5.41, 5.74) is -0.636. The number of carboxylic acids is 1. The molecule has 0 aromatic carbocycles. The van der Waals surface area contributed by atoms with Crippen LogP contribution in [0, 0.1) is 11.3 Å². The first-order chi connectivity index (χ1) is 11.2. The molecule has 0 aliphatic heterocycles. The SMILES string of the molecule is CCOC(=O)NC(C(=O)NC(C(=O)O)C(C)(C)C)C1CCCCC1. The summed E-state index contributed by atoms with van der Waals surface area (Å²) in [6.07, 6.45) is 4.13. The Morgan fingerprint density at radius 2 is 1.71 bits per heavy atom. The number of hydrogen-bond donors (Lipinski definition) is 3. The monoisotopic (exact) mass is 342 g/mol. The van der Waals surface area contributed by atoms with Crippen LogP contribution in [0.2, 0.25) is 0 Å². The van der Waals surface area contributed by atoms with Crippen LogP contribution in [0.15, 0.2) is 0 Å². The Morgan fingerprint density at radius 3 is 2.17 bits per heavy atom. The molecule has 1 fully saturated rings. The second kappa shape index (κ2) is 8.89. The van der Waals surface area contributed by atoms with Crippen molar-refractivity contribution in [1.82, 2.24) is 10.6 Å². The van der Waals surface area contributed by atoms with Gasteiger partial charge in [0.15, 0.2) is 0 Å². The summed E-state index contributed by atoms with van der Waals surface area (Å²) in [6.45, 7) is 7.15. The van der Waals surface area contributed by atoms with Gasteiger partial charge in [0, 0.05) is 0 Å². The van der Waals surface area contributed by atoms with Gasteiger partial charge in [0.2, 0.25) is 5.91 Å². The molecule has 0 radical (unpaired) electrons. The summed E-state index contributed by atoms with van der Waals surface area (Å²) < 4.78 is 4.89. The summed E-state index contributed by atoms with van der Waals surface area (Å²) in [5, 5.41) is 14.6. The van der Waals surface area contributed by atoms with Crippen molar-refractivity contribution in [1.29, 1.82) is 0 Å². The predicted octanol–water partition coefficient (Wildman–Crippen LogP) is 2.30. The number of carbonyl (C=O) groups excluding carboxylic acids is 2. The van der Waals surface area contributed by atoms with Gasteiger partial charge in [0.1, 0.15) is 12.1 Å². The molecule has 0 aromatic heterocycles. The van der Waals surface area contributed by atoms with Crippen LogP contribution in [0.25, 0.3) is 0 Å². The largest absolute Gasteiger partial charge is 0.480 e. The first-order valence-electron chi connectivity index (χ1n) is 8.63. The van der Waals surface area contributed by atoms with Crippen LogP contribution in [0.3, 0.4) is 0 Å². The molecule has 0 heterocycles. The minimum atomic E-state index is -1.09. The number of hydrogen-bond acceptors (Lipinski definition) is 4. The number of carbonyl (C=O) groups is 3. The van der Waals surface area contributed by atoms with Gasteiger partial charge in [-0.1, -0.05) is 40.0 Å². The fraction of sp³-hybridized carbons (Fsp3) is 0.824. The molecule has 0 spiro atoms. The second-order valence-electron chi connectivity index (χ2n) is 7.39. The highest BCUT2D eigenvalue weighted by Gasteiger charge is 2.37. The quantitative estimate of drug-likeness (QED) is 0.687. The third-order valence-electron chi connectivity index (χ3n) is 4.35. The van der Waals surface area contributed by atoms with E-state index >= 15 is 0 Å². The van der Waals surface area contributed by atoms with Crippen molar-refractivity contribution >= 4 is 18.0 Å². The van der Waals surface area contributed by atoms with E-state index in [4.69, 9.17) is 4.74 Å². The van der Waals surface area contributed by atoms with Crippen LogP contribution in [-0.2, 0) is 14.3 Å². The van der Waals surface area contributed by atoms with Gasteiger partial charge in [-0.05, 0) is 31.1 Å². The Labute approximate surface area is 143 Å². The summed E-state index contributed by atoms with van der Waals surface area (Å²) in [7, 11) is 0. The Kier molecular flexibility index (Phi) is 7.51. The van der Waals surface area contributed by atoms with Crippen molar-refractivity contribution in [3.05, 3.63) is 0 Å². The smallest absolute Gasteiger partial charge is 0.407 e. The van der Waals surface area contributed by atoms with Crippen molar-refractivity contribution in [3.63, 3.8) is 0 Å². The minimum Gasteiger partial charge on any atom is -0.480 e. The Morgan fingerprint density at radius 1 is 1.12 bits per heavy atom. The van der Waals surface area contributed by atoms with Crippen LogP contribution in [0.4, 0.5) is 4.79 Å². The highest BCUT2D eigenvalue weighted by atomic mass is 16.5. The Hall–Kier alpha value is -1.79. The number of ether oxygens (including phenoxy) is 1. The maximum Gasteiger partial charge on any atom is 0.407 e. The molecule has 0 bridgehead atoms. The normalized spacial score (nSPS) is 18.3. The van der Waals surface area contributed by atoms with Crippen molar-refractivity contribution < 1.29 is 24.2 Å². The molecular weight excluding hydrogens is 312 g/mol. The third kappa shape index (κ3) is 6.02. The first-order valence-corrected chi connectivity index (χ1v) is 8.63. The van der Waals surface area contributed by atoms with E-state index in [1.807, 2.05) is 0 Å². The van der Waals surface area contributed by atoms with Gasteiger partial charge in [-0.3, -0.25) is 4.79 Å². The molecule has 2 atom stereocenters. The fourth-order valence-electron chi connectivity index (χ4n) is 3.05. The topological polar surface area (TPSA) is 105 Å². The number of rotatable bonds is 6. The summed E-state index contributed by atoms with van der Waals surface area (Å²) in [6, 6.07) is -1.80. The van der Waals surface area contributed by atoms with Gasteiger partial charge < -0.3 is 20.5 Å². The molecule has 0 aromatic rings. The fourth-order valence-corrected chi connectivity index (χ4v) is 3.05. The van der Waals surface area contributed by atoms with E-state index in [2.05, 4.69) is 10.6 Å². The van der Waals surface area contributed by atoms with E-state index < -0.39 is 35.5 Å². The number of alkyl carbamates (subject to hydrolysis) is 1. The highest BCUT2D eigenvalue weighted by molar-refractivity contribution is 5.89. The summed E-state index contributed by atoms with van der Waals surface area (Å²) in [4.78, 5) is 36.0. The van der Waals surface area contributed by atoms with Gasteiger partial charge in [-0.2, -0.15) is 0 Å². The lowest BCUT2D eigenvalue weighted by molar-refractivity contribution is -0.145. The van der Waals surface area contributed by atoms with E-state index in [0.717, 1.165) is 32.1 Å². The van der Waals surface area contributed by atoms with Crippen molar-refractivity contribution in [2.75, 3.05) is 6.61 Å². The van der Waals surface area contributed by atoms with Gasteiger partial charge in [-0.15, -0.1) is 0 Å². The maximum absolute atomic E-state index is 12.7. The lowest BCUT2D eigenvalue weighted by Crippen LogP contribution is -2.57. The van der Waals surface area contributed by atoms with E-state index in [1.54, 1.807) is 27.7 Å². The molecule has 138 valence electrons. The number of carboxylic acid groups (broad SMARTS) is 1. The van der Waals surface area contributed by atoms with E-state index in [0.29, 0.717) is 0 Å². The zero-order valence-electron chi connectivity index (χ0n) is 15.1. The Bertz CT molecular complexity index is 452. The van der Waals surface area contributed by atoms with Gasteiger partial charge >= 0.3 is 12.1 Å². The first kappa shape index (κ1) is 20.3. The molecule has 2 unspecified atom stereocenters. The van der Waals surface area contributed by atoms with Crippen LogP contribution < -0.4 is 10.6 Å². The van der Waals surface area contributed by atoms with Crippen molar-refractivity contribution in [2.24, 2.45) is 11.3 Å². The van der Waals surface area contributed by atoms with Crippen LogP contribution in [-0.4, -0.2) is 41.8 Å². The zero-order chi connectivity index (χ0) is 18.3. The molecular formula is C17H30N2O5. The predicted molar refractivity (Wildman–Crippen MR) is 89.5 cm³/mol. The Balaban J connectivity index is 2.88. The zero-order valence-corrected chi connectivity index (χ0v) is 15.1. The molecule has 0 saturated heterocycles. The number of aliphatic carboxylic acids is 1. The van der Waals surface area contributed by atoms with Crippen LogP contribution in [0.1, 0.15) is 59.8 Å². The van der Waals surface area contributed by atoms with Crippen LogP contribution >= 0.6 is 0 Å². The number of amides is 2. The molecule has 3 N–H and O–H groups in total. The summed E-state index contributed by atoms with van der Waals surface area (Å²) in [5.74, 6) is -1.55. The lowest BCUT2D eigenvalue weighted by atomic mass is 9.82. The second-order valence-corrected chi connectivity index (χ2v) is 7.39. The average Bonchev–Trinajstić information content (AvgIpc) is 2.49. The molecule has 7 nitrogen and oxygen atoms in total. The van der Waals surface area contributed by atoms with Crippen molar-refractivity contribution in [2.45, 2.75) is 71.9 Å². The minimum absolute atomic E-state index is 0.00225. The van der Waals surface area contributed by atoms with Gasteiger partial charge in [0.05, 0.1) is 6.61 Å². The molecule has 24 heavy (non-hydrogen) atoms. The molecule has 1 rings (SSSR count). The van der Waals surface area contributed by atoms with E-state index in [-0.39, 0.29) is 12.5 Å². The van der Waals surface area contributed by atoms with Crippen molar-refractivity contribution in [3.8, 4) is 0 Å². The van der Waals surface area contributed by atoms with Crippen LogP contribution in [0.5, 0.6) is 0 Å². The highest BCUT2D eigenvalue weighted by Crippen LogP contribution is 2.27. The van der Waals surface area contributed by atoms with E-state index in [9.17, 15) is 19.5 Å². The molecule has 1 aliphatic rings. The molecule has 2 amide bonds. The molecule has 7 heteroatoms. The summed E-state index contributed by atoms with van der Waals surface area (Å²) >= 11 is 0. The van der Waals surface area contributed by atoms with Gasteiger partial charge in [-0.25, -0.2) is 9.59 Å².